The van der Waals surface area contributed by atoms with Crippen LogP contribution in [0.5, 0.6) is 0 Å². The average molecular weight is 500 g/mol. The molecule has 188 valence electrons. The van der Waals surface area contributed by atoms with E-state index >= 15 is 0 Å². The lowest BCUT2D eigenvalue weighted by atomic mass is 9.88. The van der Waals surface area contributed by atoms with Gasteiger partial charge in [0.2, 0.25) is 0 Å². The fourth-order valence-electron chi connectivity index (χ4n) is 3.92. The second-order valence-electron chi connectivity index (χ2n) is 9.24. The van der Waals surface area contributed by atoms with Gasteiger partial charge in [0.05, 0.1) is 0 Å². The first-order valence-corrected chi connectivity index (χ1v) is 11.7. The van der Waals surface area contributed by atoms with Gasteiger partial charge in [-0.2, -0.15) is 0 Å². The SMILES string of the molecule is CC(C)(C)OC(=O)NCc1cccc(C2CCN(C(=O)c3cccc(N[C](=O)[Al])c3)CC2)c1.O.O. The molecule has 0 atom stereocenters. The number of ether oxygens (including phenoxy) is 1. The predicted molar refractivity (Wildman–Crippen MR) is 136 cm³/mol. The van der Waals surface area contributed by atoms with Gasteiger partial charge >= 0.3 is 6.09 Å². The molecule has 0 aromatic heterocycles. The molecular formula is C25H34AlN3O6. The fraction of sp³-hybridized carbons (Fsp3) is 0.400. The molecule has 2 aromatic carbocycles. The van der Waals surface area contributed by atoms with E-state index in [-0.39, 0.29) is 21.6 Å². The number of nitrogens with zero attached hydrogens (tertiary/aromatic N) is 1. The van der Waals surface area contributed by atoms with Crippen LogP contribution in [-0.4, -0.2) is 67.6 Å². The van der Waals surface area contributed by atoms with Crippen molar-refractivity contribution >= 4 is 38.7 Å². The molecular weight excluding hydrogens is 465 g/mol. The maximum atomic E-state index is 12.9. The zero-order valence-corrected chi connectivity index (χ0v) is 21.5. The number of alkyl carbamates (subject to hydrolysis) is 1. The van der Waals surface area contributed by atoms with Crippen molar-refractivity contribution in [2.24, 2.45) is 0 Å². The number of nitrogens with one attached hydrogen (secondary N) is 2. The van der Waals surface area contributed by atoms with Crippen LogP contribution in [-0.2, 0) is 11.3 Å². The van der Waals surface area contributed by atoms with E-state index < -0.39 is 11.7 Å². The molecule has 2 aromatic rings. The molecule has 0 spiro atoms. The lowest BCUT2D eigenvalue weighted by Gasteiger charge is -2.32. The molecule has 6 N–H and O–H groups in total. The minimum Gasteiger partial charge on any atom is -0.444 e. The number of hydrogen-bond acceptors (Lipinski definition) is 4. The van der Waals surface area contributed by atoms with Crippen LogP contribution in [0.4, 0.5) is 15.3 Å². The second-order valence-corrected chi connectivity index (χ2v) is 9.76. The maximum absolute atomic E-state index is 12.9. The molecule has 1 aliphatic rings. The van der Waals surface area contributed by atoms with Crippen LogP contribution in [0.25, 0.3) is 0 Å². The van der Waals surface area contributed by atoms with Crippen LogP contribution in [0.2, 0.25) is 0 Å². The zero-order chi connectivity index (χ0) is 24.0. The summed E-state index contributed by atoms with van der Waals surface area (Å²) >= 11 is 2.07. The Labute approximate surface area is 214 Å². The first kappa shape index (κ1) is 30.1. The van der Waals surface area contributed by atoms with Gasteiger partial charge in [-0.15, -0.1) is 0 Å². The van der Waals surface area contributed by atoms with Crippen molar-refractivity contribution in [1.29, 1.82) is 0 Å². The highest BCUT2D eigenvalue weighted by atomic mass is 27.0. The normalized spacial score (nSPS) is 13.6. The number of carbonyl (C=O) groups is 3. The Morgan fingerprint density at radius 3 is 2.31 bits per heavy atom. The van der Waals surface area contributed by atoms with Crippen molar-refractivity contribution < 1.29 is 30.1 Å². The van der Waals surface area contributed by atoms with E-state index in [2.05, 4.69) is 39.1 Å². The third-order valence-electron chi connectivity index (χ3n) is 5.42. The molecule has 3 amide bonds. The Kier molecular flexibility index (Phi) is 11.4. The lowest BCUT2D eigenvalue weighted by Crippen LogP contribution is -2.38. The second kappa shape index (κ2) is 13.3. The number of carbonyl (C=O) groups excluding carboxylic acids is 3. The van der Waals surface area contributed by atoms with Crippen LogP contribution < -0.4 is 10.6 Å². The van der Waals surface area contributed by atoms with Crippen molar-refractivity contribution in [3.05, 3.63) is 65.2 Å². The van der Waals surface area contributed by atoms with E-state index in [0.29, 0.717) is 36.8 Å². The van der Waals surface area contributed by atoms with Crippen LogP contribution in [0.15, 0.2) is 48.5 Å². The minimum absolute atomic E-state index is 0. The van der Waals surface area contributed by atoms with Crippen molar-refractivity contribution in [2.45, 2.75) is 51.7 Å². The molecule has 0 unspecified atom stereocenters. The molecule has 10 heteroatoms. The van der Waals surface area contributed by atoms with Crippen molar-refractivity contribution in [1.82, 2.24) is 10.2 Å². The van der Waals surface area contributed by atoms with E-state index in [1.165, 1.54) is 5.56 Å². The number of likely N-dealkylation sites (tertiary alicyclic amines) is 1. The Bertz CT molecular complexity index is 1020. The molecule has 0 aliphatic carbocycles. The molecule has 35 heavy (non-hydrogen) atoms. The first-order valence-electron chi connectivity index (χ1n) is 11.1. The van der Waals surface area contributed by atoms with Crippen molar-refractivity contribution in [3.8, 4) is 0 Å². The van der Waals surface area contributed by atoms with Gasteiger partial charge in [0.15, 0.2) is 0 Å². The van der Waals surface area contributed by atoms with Gasteiger partial charge < -0.3 is 36.0 Å². The Hall–Kier alpha value is -2.90. The standard InChI is InChI=1S/C25H30N3O4.Al.2H2O/c1-25(2,3)32-24(31)26-16-18-6-4-7-20(14-18)19-10-12-28(13-11-19)23(30)21-8-5-9-22(15-21)27-17-29;;;/h4-9,14-15,19H,10-13,16H2,1-3H3,(H,26,31)(H,27,29);;2*1H2. The number of rotatable bonds is 5. The summed E-state index contributed by atoms with van der Waals surface area (Å²) in [7, 11) is 0. The molecule has 1 heterocycles. The Morgan fingerprint density at radius 1 is 1.03 bits per heavy atom. The summed E-state index contributed by atoms with van der Waals surface area (Å²) in [4.78, 5) is 38.0. The van der Waals surface area contributed by atoms with E-state index in [1.54, 1.807) is 24.3 Å². The van der Waals surface area contributed by atoms with E-state index in [0.717, 1.165) is 18.4 Å². The summed E-state index contributed by atoms with van der Waals surface area (Å²) in [5.41, 5.74) is 2.88. The summed E-state index contributed by atoms with van der Waals surface area (Å²) in [5.74, 6) is 0.335. The van der Waals surface area contributed by atoms with Gasteiger partial charge in [-0.1, -0.05) is 30.3 Å². The molecule has 0 bridgehead atoms. The quantitative estimate of drug-likeness (QED) is 0.608. The maximum Gasteiger partial charge on any atom is 0.407 e. The predicted octanol–water partition coefficient (Wildman–Crippen LogP) is 2.78. The van der Waals surface area contributed by atoms with Crippen LogP contribution >= 0.6 is 0 Å². The van der Waals surface area contributed by atoms with Gasteiger partial charge in [-0.05, 0) is 68.9 Å². The lowest BCUT2D eigenvalue weighted by molar-refractivity contribution is 0.0523. The smallest absolute Gasteiger partial charge is 0.407 e. The first-order chi connectivity index (χ1) is 15.6. The highest BCUT2D eigenvalue weighted by Gasteiger charge is 2.25. The van der Waals surface area contributed by atoms with Gasteiger partial charge in [0, 0.05) is 30.9 Å². The van der Waals surface area contributed by atoms with E-state index in [1.807, 2.05) is 37.8 Å². The Balaban J connectivity index is 0.00000306. The van der Waals surface area contributed by atoms with E-state index in [9.17, 15) is 14.4 Å². The molecule has 3 rings (SSSR count). The summed E-state index contributed by atoms with van der Waals surface area (Å²) in [6.45, 7) is 7.26. The van der Waals surface area contributed by atoms with Gasteiger partial charge in [-0.25, -0.2) is 4.79 Å². The summed E-state index contributed by atoms with van der Waals surface area (Å²) in [5, 5.41) is 5.48. The van der Waals surface area contributed by atoms with E-state index in [4.69, 9.17) is 4.74 Å². The third kappa shape index (κ3) is 9.34. The van der Waals surface area contributed by atoms with Gasteiger partial charge in [-0.3, -0.25) is 4.79 Å². The molecule has 1 aliphatic heterocycles. The largest absolute Gasteiger partial charge is 0.444 e. The summed E-state index contributed by atoms with van der Waals surface area (Å²) in [6, 6.07) is 15.2. The van der Waals surface area contributed by atoms with Crippen LogP contribution in [0.1, 0.15) is 61.0 Å². The summed E-state index contributed by atoms with van der Waals surface area (Å²) < 4.78 is 5.05. The van der Waals surface area contributed by atoms with Crippen molar-refractivity contribution in [3.63, 3.8) is 0 Å². The topological polar surface area (TPSA) is 151 Å². The monoisotopic (exact) mass is 499 g/mol. The number of benzene rings is 2. The Morgan fingerprint density at radius 2 is 1.69 bits per heavy atom. The average Bonchev–Trinajstić information content (AvgIpc) is 2.76. The summed E-state index contributed by atoms with van der Waals surface area (Å²) in [6.07, 6.45) is 1.31. The molecule has 1 saturated heterocycles. The number of hydrogen-bond donors (Lipinski definition) is 2. The van der Waals surface area contributed by atoms with Gasteiger partial charge in [0.1, 0.15) is 10.4 Å². The number of anilines is 1. The van der Waals surface area contributed by atoms with Gasteiger partial charge in [0.25, 0.3) is 22.2 Å². The fourth-order valence-corrected chi connectivity index (χ4v) is 4.08. The highest BCUT2D eigenvalue weighted by Crippen LogP contribution is 2.29. The number of piperidine rings is 1. The number of amides is 3. The zero-order valence-electron chi connectivity index (χ0n) is 20.4. The molecule has 2 radical (unpaired) electrons. The van der Waals surface area contributed by atoms with Crippen molar-refractivity contribution in [2.75, 3.05) is 18.4 Å². The highest BCUT2D eigenvalue weighted by molar-refractivity contribution is 6.60. The van der Waals surface area contributed by atoms with Crippen LogP contribution in [0, 0.1) is 0 Å². The molecule has 9 nitrogen and oxygen atoms in total. The third-order valence-corrected chi connectivity index (χ3v) is 5.56. The molecule has 0 saturated carbocycles. The molecule has 1 fully saturated rings. The minimum atomic E-state index is -0.526. The van der Waals surface area contributed by atoms with Crippen LogP contribution in [0.3, 0.4) is 0 Å².